The van der Waals surface area contributed by atoms with Crippen LogP contribution in [0, 0.1) is 0 Å². The molecule has 1 heterocycles. The Hall–Kier alpha value is -1.88. The third-order valence-electron chi connectivity index (χ3n) is 2.99. The lowest BCUT2D eigenvalue weighted by Crippen LogP contribution is -2.41. The minimum atomic E-state index is -0.174. The maximum absolute atomic E-state index is 11.7. The Morgan fingerprint density at radius 2 is 2.11 bits per heavy atom. The SMILES string of the molecule is O=Cc1ccccc1OCC(=O)NC1CCOCC1. The van der Waals surface area contributed by atoms with Crippen LogP contribution in [0.4, 0.5) is 0 Å². The molecular formula is C14H17NO4. The van der Waals surface area contributed by atoms with Gasteiger partial charge in [-0.2, -0.15) is 0 Å². The van der Waals surface area contributed by atoms with E-state index in [1.54, 1.807) is 24.3 Å². The average Bonchev–Trinajstić information content (AvgIpc) is 2.46. The summed E-state index contributed by atoms with van der Waals surface area (Å²) < 4.78 is 10.6. The van der Waals surface area contributed by atoms with Crippen LogP contribution in [-0.4, -0.2) is 38.1 Å². The summed E-state index contributed by atoms with van der Waals surface area (Å²) >= 11 is 0. The van der Waals surface area contributed by atoms with Crippen LogP contribution < -0.4 is 10.1 Å². The number of hydrogen-bond acceptors (Lipinski definition) is 4. The van der Waals surface area contributed by atoms with Crippen LogP contribution in [0.1, 0.15) is 23.2 Å². The first-order valence-corrected chi connectivity index (χ1v) is 6.33. The molecule has 1 amide bonds. The number of carbonyl (C=O) groups excluding carboxylic acids is 2. The molecule has 5 nitrogen and oxygen atoms in total. The van der Waals surface area contributed by atoms with Gasteiger partial charge in [0.2, 0.25) is 0 Å². The first kappa shape index (κ1) is 13.5. The second kappa shape index (κ2) is 6.89. The highest BCUT2D eigenvalue weighted by Crippen LogP contribution is 2.15. The van der Waals surface area contributed by atoms with Crippen molar-refractivity contribution >= 4 is 12.2 Å². The molecule has 5 heteroatoms. The molecule has 2 rings (SSSR count). The normalized spacial score (nSPS) is 15.8. The van der Waals surface area contributed by atoms with Crippen molar-refractivity contribution in [2.45, 2.75) is 18.9 Å². The first-order chi connectivity index (χ1) is 9.29. The highest BCUT2D eigenvalue weighted by atomic mass is 16.5. The van der Waals surface area contributed by atoms with Crippen LogP contribution in [0.25, 0.3) is 0 Å². The fraction of sp³-hybridized carbons (Fsp3) is 0.429. The van der Waals surface area contributed by atoms with E-state index in [1.807, 2.05) is 0 Å². The molecular weight excluding hydrogens is 246 g/mol. The summed E-state index contributed by atoms with van der Waals surface area (Å²) in [5.74, 6) is 0.257. The highest BCUT2D eigenvalue weighted by molar-refractivity contribution is 5.80. The van der Waals surface area contributed by atoms with Gasteiger partial charge < -0.3 is 14.8 Å². The van der Waals surface area contributed by atoms with Crippen LogP contribution in [-0.2, 0) is 9.53 Å². The number of para-hydroxylation sites is 1. The molecule has 0 saturated carbocycles. The number of aldehydes is 1. The fourth-order valence-corrected chi connectivity index (χ4v) is 1.96. The van der Waals surface area contributed by atoms with E-state index < -0.39 is 0 Å². The van der Waals surface area contributed by atoms with Gasteiger partial charge in [0, 0.05) is 19.3 Å². The molecule has 0 spiro atoms. The van der Waals surface area contributed by atoms with Gasteiger partial charge in [-0.1, -0.05) is 12.1 Å². The molecule has 0 atom stereocenters. The minimum Gasteiger partial charge on any atom is -0.483 e. The lowest BCUT2D eigenvalue weighted by molar-refractivity contribution is -0.124. The number of nitrogens with one attached hydrogen (secondary N) is 1. The largest absolute Gasteiger partial charge is 0.483 e. The molecule has 1 fully saturated rings. The van der Waals surface area contributed by atoms with Crippen LogP contribution in [0.3, 0.4) is 0 Å². The van der Waals surface area contributed by atoms with Gasteiger partial charge in [-0.15, -0.1) is 0 Å². The highest BCUT2D eigenvalue weighted by Gasteiger charge is 2.16. The lowest BCUT2D eigenvalue weighted by atomic mass is 10.1. The van der Waals surface area contributed by atoms with Crippen molar-refractivity contribution in [3.05, 3.63) is 29.8 Å². The quantitative estimate of drug-likeness (QED) is 0.810. The van der Waals surface area contributed by atoms with E-state index in [9.17, 15) is 9.59 Å². The van der Waals surface area contributed by atoms with Gasteiger partial charge in [0.05, 0.1) is 5.56 Å². The molecule has 19 heavy (non-hydrogen) atoms. The number of carbonyl (C=O) groups is 2. The zero-order valence-electron chi connectivity index (χ0n) is 10.6. The maximum Gasteiger partial charge on any atom is 0.258 e. The van der Waals surface area contributed by atoms with E-state index in [4.69, 9.17) is 9.47 Å². The van der Waals surface area contributed by atoms with Crippen molar-refractivity contribution in [3.63, 3.8) is 0 Å². The molecule has 0 aromatic heterocycles. The fourth-order valence-electron chi connectivity index (χ4n) is 1.96. The Labute approximate surface area is 111 Å². The molecule has 0 aliphatic carbocycles. The van der Waals surface area contributed by atoms with Crippen molar-refractivity contribution in [3.8, 4) is 5.75 Å². The van der Waals surface area contributed by atoms with E-state index in [0.29, 0.717) is 30.8 Å². The van der Waals surface area contributed by atoms with E-state index >= 15 is 0 Å². The Bertz CT molecular complexity index is 441. The predicted molar refractivity (Wildman–Crippen MR) is 69.3 cm³/mol. The van der Waals surface area contributed by atoms with Gasteiger partial charge in [-0.25, -0.2) is 0 Å². The molecule has 1 aromatic rings. The number of ether oxygens (including phenoxy) is 2. The van der Waals surface area contributed by atoms with Gasteiger partial charge in [-0.05, 0) is 25.0 Å². The number of amides is 1. The molecule has 1 N–H and O–H groups in total. The second-order valence-corrected chi connectivity index (χ2v) is 4.40. The van der Waals surface area contributed by atoms with Crippen LogP contribution >= 0.6 is 0 Å². The van der Waals surface area contributed by atoms with Gasteiger partial charge in [0.15, 0.2) is 12.9 Å². The van der Waals surface area contributed by atoms with E-state index in [0.717, 1.165) is 12.8 Å². The topological polar surface area (TPSA) is 64.6 Å². The van der Waals surface area contributed by atoms with E-state index in [-0.39, 0.29) is 18.6 Å². The third kappa shape index (κ3) is 4.06. The van der Waals surface area contributed by atoms with Crippen LogP contribution in [0.5, 0.6) is 5.75 Å². The Morgan fingerprint density at radius 1 is 1.37 bits per heavy atom. The molecule has 1 aliphatic heterocycles. The summed E-state index contributed by atoms with van der Waals surface area (Å²) in [5, 5.41) is 2.89. The van der Waals surface area contributed by atoms with Gasteiger partial charge in [0.25, 0.3) is 5.91 Å². The summed E-state index contributed by atoms with van der Waals surface area (Å²) in [6.07, 6.45) is 2.37. The smallest absolute Gasteiger partial charge is 0.258 e. The first-order valence-electron chi connectivity index (χ1n) is 6.33. The van der Waals surface area contributed by atoms with Gasteiger partial charge in [0.1, 0.15) is 5.75 Å². The van der Waals surface area contributed by atoms with E-state index in [1.165, 1.54) is 0 Å². The Morgan fingerprint density at radius 3 is 2.84 bits per heavy atom. The maximum atomic E-state index is 11.7. The van der Waals surface area contributed by atoms with Crippen LogP contribution in [0.2, 0.25) is 0 Å². The minimum absolute atomic E-state index is 0.0811. The van der Waals surface area contributed by atoms with Crippen molar-refractivity contribution in [1.82, 2.24) is 5.32 Å². The predicted octanol–water partition coefficient (Wildman–Crippen LogP) is 1.17. The molecule has 0 bridgehead atoms. The standard InChI is InChI=1S/C14H17NO4/c16-9-11-3-1-2-4-13(11)19-10-14(17)15-12-5-7-18-8-6-12/h1-4,9,12H,5-8,10H2,(H,15,17). The monoisotopic (exact) mass is 263 g/mol. The Kier molecular flexibility index (Phi) is 4.92. The van der Waals surface area contributed by atoms with E-state index in [2.05, 4.69) is 5.32 Å². The average molecular weight is 263 g/mol. The molecule has 1 saturated heterocycles. The van der Waals surface area contributed by atoms with Gasteiger partial charge in [-0.3, -0.25) is 9.59 Å². The molecule has 1 aromatic carbocycles. The Balaban J connectivity index is 1.81. The third-order valence-corrected chi connectivity index (χ3v) is 2.99. The summed E-state index contributed by atoms with van der Waals surface area (Å²) in [6.45, 7) is 1.28. The summed E-state index contributed by atoms with van der Waals surface area (Å²) in [4.78, 5) is 22.5. The molecule has 1 aliphatic rings. The molecule has 0 radical (unpaired) electrons. The van der Waals surface area contributed by atoms with Crippen molar-refractivity contribution in [1.29, 1.82) is 0 Å². The van der Waals surface area contributed by atoms with Crippen molar-refractivity contribution in [2.24, 2.45) is 0 Å². The number of rotatable bonds is 5. The van der Waals surface area contributed by atoms with Gasteiger partial charge >= 0.3 is 0 Å². The zero-order valence-corrected chi connectivity index (χ0v) is 10.6. The number of hydrogen-bond donors (Lipinski definition) is 1. The molecule has 102 valence electrons. The zero-order chi connectivity index (χ0) is 13.5. The summed E-state index contributed by atoms with van der Waals surface area (Å²) in [5.41, 5.74) is 0.446. The van der Waals surface area contributed by atoms with Crippen LogP contribution in [0.15, 0.2) is 24.3 Å². The lowest BCUT2D eigenvalue weighted by Gasteiger charge is -2.23. The second-order valence-electron chi connectivity index (χ2n) is 4.40. The van der Waals surface area contributed by atoms with Crippen molar-refractivity contribution < 1.29 is 19.1 Å². The summed E-state index contributed by atoms with van der Waals surface area (Å²) in [7, 11) is 0. The summed E-state index contributed by atoms with van der Waals surface area (Å²) in [6, 6.07) is 6.99. The van der Waals surface area contributed by atoms with Crippen molar-refractivity contribution in [2.75, 3.05) is 19.8 Å². The molecule has 0 unspecified atom stereocenters. The number of benzene rings is 1.